The van der Waals surface area contributed by atoms with E-state index in [0.29, 0.717) is 12.1 Å². The normalized spacial score (nSPS) is 10.6. The minimum atomic E-state index is -0.399. The molecule has 0 atom stereocenters. The van der Waals surface area contributed by atoms with Gasteiger partial charge in [-0.3, -0.25) is 9.48 Å². The van der Waals surface area contributed by atoms with Crippen molar-refractivity contribution in [3.63, 3.8) is 0 Å². The Kier molecular flexibility index (Phi) is 4.25. The fourth-order valence-corrected chi connectivity index (χ4v) is 1.84. The molecule has 0 saturated carbocycles. The first-order valence-electron chi connectivity index (χ1n) is 6.10. The highest BCUT2D eigenvalue weighted by Crippen LogP contribution is 2.07. The second-order valence-electron chi connectivity index (χ2n) is 4.28. The van der Waals surface area contributed by atoms with E-state index >= 15 is 0 Å². The molecule has 1 aromatic heterocycles. The summed E-state index contributed by atoms with van der Waals surface area (Å²) in [6.45, 7) is 1.35. The maximum atomic E-state index is 11.3. The van der Waals surface area contributed by atoms with Gasteiger partial charge >= 0.3 is 0 Å². The molecule has 0 radical (unpaired) electrons. The summed E-state index contributed by atoms with van der Waals surface area (Å²) >= 11 is 0. The van der Waals surface area contributed by atoms with E-state index in [2.05, 4.69) is 15.4 Å². The molecule has 2 rings (SSSR count). The van der Waals surface area contributed by atoms with Crippen LogP contribution in [0.1, 0.15) is 21.7 Å². The van der Waals surface area contributed by atoms with Crippen molar-refractivity contribution in [1.29, 1.82) is 0 Å². The van der Waals surface area contributed by atoms with Crippen molar-refractivity contribution in [2.24, 2.45) is 12.8 Å². The average molecular weight is 259 g/mol. The summed E-state index contributed by atoms with van der Waals surface area (Å²) in [5, 5.41) is 7.45. The van der Waals surface area contributed by atoms with Crippen molar-refractivity contribution in [1.82, 2.24) is 20.1 Å². The zero-order valence-electron chi connectivity index (χ0n) is 10.8. The molecule has 1 amide bonds. The number of carbonyl (C=O) groups excluding carboxylic acids is 1. The lowest BCUT2D eigenvalue weighted by Gasteiger charge is -2.07. The van der Waals surface area contributed by atoms with Gasteiger partial charge in [-0.2, -0.15) is 5.10 Å². The van der Waals surface area contributed by atoms with Gasteiger partial charge in [-0.25, -0.2) is 4.98 Å². The van der Waals surface area contributed by atoms with Crippen molar-refractivity contribution < 1.29 is 4.79 Å². The quantitative estimate of drug-likeness (QED) is 0.728. The molecule has 2 aromatic rings. The van der Waals surface area contributed by atoms with Gasteiger partial charge in [0, 0.05) is 32.1 Å². The lowest BCUT2D eigenvalue weighted by atomic mass is 10.1. The third-order valence-electron chi connectivity index (χ3n) is 2.77. The molecule has 3 N–H and O–H groups in total. The number of benzene rings is 1. The van der Waals surface area contributed by atoms with Crippen LogP contribution in [0.4, 0.5) is 0 Å². The molecule has 1 heterocycles. The number of aryl methyl sites for hydroxylation is 1. The highest BCUT2D eigenvalue weighted by Gasteiger charge is 2.06. The van der Waals surface area contributed by atoms with Crippen LogP contribution >= 0.6 is 0 Å². The molecule has 19 heavy (non-hydrogen) atoms. The summed E-state index contributed by atoms with van der Waals surface area (Å²) in [4.78, 5) is 15.4. The van der Waals surface area contributed by atoms with Gasteiger partial charge in [0.25, 0.3) is 0 Å². The van der Waals surface area contributed by atoms with E-state index < -0.39 is 5.91 Å². The first kappa shape index (κ1) is 13.2. The number of carbonyl (C=O) groups is 1. The average Bonchev–Trinajstić information content (AvgIpc) is 2.81. The van der Waals surface area contributed by atoms with E-state index in [1.807, 2.05) is 19.2 Å². The van der Waals surface area contributed by atoms with Crippen LogP contribution in [-0.2, 0) is 20.0 Å². The van der Waals surface area contributed by atoms with Gasteiger partial charge < -0.3 is 11.1 Å². The van der Waals surface area contributed by atoms with Crippen molar-refractivity contribution in [3.8, 4) is 0 Å². The molecule has 0 bridgehead atoms. The Hall–Kier alpha value is -2.21. The van der Waals surface area contributed by atoms with Crippen LogP contribution in [0.5, 0.6) is 0 Å². The largest absolute Gasteiger partial charge is 0.366 e. The summed E-state index contributed by atoms with van der Waals surface area (Å²) in [7, 11) is 1.84. The summed E-state index contributed by atoms with van der Waals surface area (Å²) in [5.41, 5.74) is 6.79. The van der Waals surface area contributed by atoms with Gasteiger partial charge in [-0.1, -0.05) is 18.2 Å². The molecule has 0 aliphatic heterocycles. The molecular formula is C13H17N5O. The standard InChI is InChI=1S/C13H17N5O/c1-18-9-16-12(17-18)6-7-15-8-10-4-2-3-5-11(10)13(14)19/h2-5,9,15H,6-8H2,1H3,(H2,14,19). The molecular weight excluding hydrogens is 242 g/mol. The van der Waals surface area contributed by atoms with Crippen LogP contribution in [0.2, 0.25) is 0 Å². The Morgan fingerprint density at radius 1 is 1.42 bits per heavy atom. The predicted molar refractivity (Wildman–Crippen MR) is 71.4 cm³/mol. The smallest absolute Gasteiger partial charge is 0.249 e. The van der Waals surface area contributed by atoms with Gasteiger partial charge in [-0.05, 0) is 11.6 Å². The molecule has 6 heteroatoms. The van der Waals surface area contributed by atoms with E-state index in [1.54, 1.807) is 23.1 Å². The summed E-state index contributed by atoms with van der Waals surface area (Å²) in [6.07, 6.45) is 2.43. The second kappa shape index (κ2) is 6.10. The third-order valence-corrected chi connectivity index (χ3v) is 2.77. The lowest BCUT2D eigenvalue weighted by Crippen LogP contribution is -2.21. The number of hydrogen-bond donors (Lipinski definition) is 2. The van der Waals surface area contributed by atoms with Crippen molar-refractivity contribution in [3.05, 3.63) is 47.5 Å². The van der Waals surface area contributed by atoms with E-state index in [1.165, 1.54) is 0 Å². The molecule has 0 aliphatic rings. The SMILES string of the molecule is Cn1cnc(CCNCc2ccccc2C(N)=O)n1. The van der Waals surface area contributed by atoms with Crippen LogP contribution in [0.3, 0.4) is 0 Å². The van der Waals surface area contributed by atoms with Crippen LogP contribution in [-0.4, -0.2) is 27.2 Å². The van der Waals surface area contributed by atoms with Crippen LogP contribution < -0.4 is 11.1 Å². The van der Waals surface area contributed by atoms with Gasteiger partial charge in [0.1, 0.15) is 6.33 Å². The molecule has 0 unspecified atom stereocenters. The van der Waals surface area contributed by atoms with Crippen LogP contribution in [0.15, 0.2) is 30.6 Å². The third kappa shape index (κ3) is 3.62. The predicted octanol–water partition coefficient (Wildman–Crippen LogP) is 0.246. The fraction of sp³-hybridized carbons (Fsp3) is 0.308. The van der Waals surface area contributed by atoms with E-state index in [4.69, 9.17) is 5.73 Å². The van der Waals surface area contributed by atoms with Crippen molar-refractivity contribution in [2.45, 2.75) is 13.0 Å². The Balaban J connectivity index is 1.84. The number of hydrogen-bond acceptors (Lipinski definition) is 4. The first-order chi connectivity index (χ1) is 9.16. The Morgan fingerprint density at radius 3 is 2.89 bits per heavy atom. The Bertz CT molecular complexity index is 564. The van der Waals surface area contributed by atoms with E-state index in [9.17, 15) is 4.79 Å². The fourth-order valence-electron chi connectivity index (χ4n) is 1.84. The van der Waals surface area contributed by atoms with Crippen molar-refractivity contribution >= 4 is 5.91 Å². The number of amides is 1. The van der Waals surface area contributed by atoms with Crippen LogP contribution in [0.25, 0.3) is 0 Å². The van der Waals surface area contributed by atoms with Gasteiger partial charge in [-0.15, -0.1) is 0 Å². The summed E-state index contributed by atoms with van der Waals surface area (Å²) < 4.78 is 1.68. The minimum absolute atomic E-state index is 0.399. The molecule has 100 valence electrons. The van der Waals surface area contributed by atoms with E-state index in [0.717, 1.165) is 24.4 Å². The maximum Gasteiger partial charge on any atom is 0.249 e. The molecule has 1 aromatic carbocycles. The van der Waals surface area contributed by atoms with Gasteiger partial charge in [0.05, 0.1) is 0 Å². The van der Waals surface area contributed by atoms with Gasteiger partial charge in [0.2, 0.25) is 5.91 Å². The molecule has 0 fully saturated rings. The van der Waals surface area contributed by atoms with Gasteiger partial charge in [0.15, 0.2) is 5.82 Å². The molecule has 6 nitrogen and oxygen atoms in total. The monoisotopic (exact) mass is 259 g/mol. The molecule has 0 spiro atoms. The number of nitrogens with zero attached hydrogens (tertiary/aromatic N) is 3. The topological polar surface area (TPSA) is 85.8 Å². The molecule has 0 aliphatic carbocycles. The number of primary amides is 1. The summed E-state index contributed by atoms with van der Waals surface area (Å²) in [5.74, 6) is 0.405. The maximum absolute atomic E-state index is 11.3. The van der Waals surface area contributed by atoms with E-state index in [-0.39, 0.29) is 0 Å². The zero-order valence-corrected chi connectivity index (χ0v) is 10.8. The number of rotatable bonds is 6. The highest BCUT2D eigenvalue weighted by atomic mass is 16.1. The van der Waals surface area contributed by atoms with Crippen molar-refractivity contribution in [2.75, 3.05) is 6.54 Å². The lowest BCUT2D eigenvalue weighted by molar-refractivity contribution is 0.0999. The van der Waals surface area contributed by atoms with Crippen LogP contribution in [0, 0.1) is 0 Å². The Morgan fingerprint density at radius 2 is 2.21 bits per heavy atom. The Labute approximate surface area is 111 Å². The first-order valence-corrected chi connectivity index (χ1v) is 6.10. The summed E-state index contributed by atoms with van der Waals surface area (Å²) in [6, 6.07) is 7.33. The number of aromatic nitrogens is 3. The highest BCUT2D eigenvalue weighted by molar-refractivity contribution is 5.94. The zero-order chi connectivity index (χ0) is 13.7. The second-order valence-corrected chi connectivity index (χ2v) is 4.28. The molecule has 0 saturated heterocycles. The number of nitrogens with one attached hydrogen (secondary N) is 1. The number of nitrogens with two attached hydrogens (primary N) is 1. The minimum Gasteiger partial charge on any atom is -0.366 e.